The Kier molecular flexibility index (Phi) is 19.3. The van der Waals surface area contributed by atoms with Crippen molar-refractivity contribution in [1.29, 1.82) is 0 Å². The number of nitrogens with zero attached hydrogens (tertiary/aromatic N) is 4. The first kappa shape index (κ1) is 55.7. The number of carbonyl (C=O) groups excluding carboxylic acids is 7. The highest BCUT2D eigenvalue weighted by molar-refractivity contribution is 6.00. The van der Waals surface area contributed by atoms with E-state index in [9.17, 15) is 48.9 Å². The third-order valence-electron chi connectivity index (χ3n) is 14.3. The number of piperazine rings is 1. The van der Waals surface area contributed by atoms with Crippen LogP contribution in [0.1, 0.15) is 81.1 Å². The molecule has 4 heterocycles. The molecule has 0 aliphatic carbocycles. The van der Waals surface area contributed by atoms with E-state index in [2.05, 4.69) is 55.4 Å². The van der Waals surface area contributed by atoms with E-state index >= 15 is 0 Å². The fraction of sp³-hybridized carbons (Fsp3) is 0.528. The number of fused-ring (bicyclic) bond motifs is 2. The van der Waals surface area contributed by atoms with Crippen molar-refractivity contribution in [1.82, 2.24) is 36.4 Å². The first-order valence-corrected chi connectivity index (χ1v) is 26.1. The molecule has 75 heavy (non-hydrogen) atoms. The maximum atomic E-state index is 14.3. The van der Waals surface area contributed by atoms with Crippen molar-refractivity contribution in [3.63, 3.8) is 0 Å². The summed E-state index contributed by atoms with van der Waals surface area (Å²) < 4.78 is 5.88. The van der Waals surface area contributed by atoms with Gasteiger partial charge in [-0.1, -0.05) is 31.9 Å². The molecule has 22 heteroatoms. The van der Waals surface area contributed by atoms with Gasteiger partial charge in [-0.2, -0.15) is 0 Å². The lowest BCUT2D eigenvalue weighted by atomic mass is 10.0. The van der Waals surface area contributed by atoms with E-state index in [0.717, 1.165) is 67.5 Å². The maximum Gasteiger partial charge on any atom is 0.260 e. The molecule has 0 saturated carbocycles. The lowest BCUT2D eigenvalue weighted by molar-refractivity contribution is -0.145. The van der Waals surface area contributed by atoms with Crippen molar-refractivity contribution < 1.29 is 53.6 Å². The van der Waals surface area contributed by atoms with E-state index in [1.807, 2.05) is 24.3 Å². The molecule has 7 amide bonds. The van der Waals surface area contributed by atoms with Gasteiger partial charge >= 0.3 is 0 Å². The first-order chi connectivity index (χ1) is 36.0. The normalized spacial score (nSPS) is 26.0. The number of phenolic OH excluding ortho intramolecular Hbond substituents is 1. The molecule has 406 valence electrons. The second-order valence-corrected chi connectivity index (χ2v) is 19.9. The number of hydrogen-bond acceptors (Lipinski definition) is 15. The zero-order chi connectivity index (χ0) is 53.8. The van der Waals surface area contributed by atoms with Crippen LogP contribution in [0.5, 0.6) is 11.5 Å². The number of anilines is 2. The number of aliphatic hydroxyl groups is 2. The van der Waals surface area contributed by atoms with Gasteiger partial charge in [0.05, 0.1) is 18.8 Å². The Labute approximate surface area is 436 Å². The van der Waals surface area contributed by atoms with E-state index in [1.165, 1.54) is 24.0 Å². The molecule has 12 N–H and O–H groups in total. The van der Waals surface area contributed by atoms with Crippen LogP contribution in [0.3, 0.4) is 0 Å². The monoisotopic (exact) mass is 1040 g/mol. The van der Waals surface area contributed by atoms with Gasteiger partial charge in [0.1, 0.15) is 41.7 Å². The van der Waals surface area contributed by atoms with Crippen LogP contribution in [0, 0.1) is 0 Å². The molecule has 7 rings (SSSR count). The van der Waals surface area contributed by atoms with Crippen LogP contribution in [0.2, 0.25) is 0 Å². The van der Waals surface area contributed by atoms with Crippen LogP contribution in [0.25, 0.3) is 0 Å². The molecular formula is C53H73N11O11. The Bertz CT molecular complexity index is 2460. The van der Waals surface area contributed by atoms with Crippen molar-refractivity contribution in [2.45, 2.75) is 126 Å². The van der Waals surface area contributed by atoms with Gasteiger partial charge in [0, 0.05) is 75.2 Å². The number of benzene rings is 3. The number of aliphatic hydroxyl groups excluding tert-OH is 2. The minimum absolute atomic E-state index is 0.0154. The summed E-state index contributed by atoms with van der Waals surface area (Å²) >= 11 is 0. The second-order valence-electron chi connectivity index (χ2n) is 19.9. The summed E-state index contributed by atoms with van der Waals surface area (Å²) in [5, 5.41) is 44.9. The van der Waals surface area contributed by atoms with Gasteiger partial charge in [0.2, 0.25) is 29.5 Å². The Morgan fingerprint density at radius 3 is 2.03 bits per heavy atom. The van der Waals surface area contributed by atoms with E-state index in [1.54, 1.807) is 24.3 Å². The molecule has 0 radical (unpaired) electrons. The molecule has 0 aromatic heterocycles. The number of nitrogens with one attached hydrogen (secondary N) is 5. The van der Waals surface area contributed by atoms with Crippen LogP contribution in [-0.4, -0.2) is 174 Å². The van der Waals surface area contributed by atoms with Gasteiger partial charge in [0.25, 0.3) is 11.8 Å². The number of nitrogens with two attached hydrogens (primary N) is 2. The fourth-order valence-electron chi connectivity index (χ4n) is 9.98. The molecule has 0 unspecified atom stereocenters. The third-order valence-corrected chi connectivity index (χ3v) is 14.3. The minimum Gasteiger partial charge on any atom is -0.508 e. The molecule has 9 atom stereocenters. The molecule has 4 aliphatic rings. The van der Waals surface area contributed by atoms with Gasteiger partial charge in [-0.25, -0.2) is 0 Å². The number of ether oxygens (including phenoxy) is 1. The van der Waals surface area contributed by atoms with Crippen LogP contribution in [0.4, 0.5) is 11.4 Å². The zero-order valence-corrected chi connectivity index (χ0v) is 42.7. The molecular weight excluding hydrogens is 967 g/mol. The third kappa shape index (κ3) is 14.6. The number of aryl methyl sites for hydroxylation is 1. The molecule has 22 nitrogen and oxygen atoms in total. The van der Waals surface area contributed by atoms with Crippen molar-refractivity contribution >= 4 is 52.7 Å². The van der Waals surface area contributed by atoms with E-state index in [-0.39, 0.29) is 69.5 Å². The topological polar surface area (TPSA) is 315 Å². The summed E-state index contributed by atoms with van der Waals surface area (Å²) in [6.45, 7) is 6.74. The van der Waals surface area contributed by atoms with Gasteiger partial charge < -0.3 is 77.7 Å². The average molecular weight is 1040 g/mol. The second kappa shape index (κ2) is 26.0. The quantitative estimate of drug-likeness (QED) is 0.0972. The number of aromatic hydroxyl groups is 1. The molecule has 4 saturated heterocycles. The van der Waals surface area contributed by atoms with Crippen LogP contribution >= 0.6 is 0 Å². The fourth-order valence-corrected chi connectivity index (χ4v) is 9.98. The summed E-state index contributed by atoms with van der Waals surface area (Å²) in [5.74, 6) is -4.57. The largest absolute Gasteiger partial charge is 0.508 e. The first-order valence-electron chi connectivity index (χ1n) is 26.1. The van der Waals surface area contributed by atoms with Gasteiger partial charge in [-0.15, -0.1) is 0 Å². The summed E-state index contributed by atoms with van der Waals surface area (Å²) in [6, 6.07) is 13.9. The van der Waals surface area contributed by atoms with Crippen LogP contribution in [-0.2, 0) is 35.2 Å². The number of hydrogen-bond donors (Lipinski definition) is 10. The zero-order valence-electron chi connectivity index (χ0n) is 42.7. The average Bonchev–Trinajstić information content (AvgIpc) is 4.01. The summed E-state index contributed by atoms with van der Waals surface area (Å²) in [6.07, 6.45) is -1.04. The number of rotatable bonds is 13. The molecule has 4 fully saturated rings. The highest BCUT2D eigenvalue weighted by Crippen LogP contribution is 2.25. The Morgan fingerprint density at radius 2 is 1.39 bits per heavy atom. The molecule has 3 aromatic carbocycles. The number of unbranched alkanes of at least 4 members (excludes halogenated alkanes) is 2. The Hall–Kier alpha value is -7.01. The predicted molar refractivity (Wildman–Crippen MR) is 278 cm³/mol. The Balaban J connectivity index is 1.06. The maximum absolute atomic E-state index is 14.3. The summed E-state index contributed by atoms with van der Waals surface area (Å²) in [4.78, 5) is 105. The van der Waals surface area contributed by atoms with Crippen molar-refractivity contribution in [3.05, 3.63) is 83.9 Å². The lowest BCUT2D eigenvalue weighted by Gasteiger charge is -2.37. The standard InChI is InChI=1S/C53H73N11O11/c1-3-4-5-27-75-40-19-15-37(16-20-40)62-25-23-61(24-26-62)36-13-11-34(12-14-36)47(68)57-41-7-6-22-56-50(71)43-28-35(54)30-63(43)53(74)46(55)60-49(70)42(21-10-33-8-17-38(66)18-9-33)58-51(72)44-29-39(67)31-64(44)52(73)45(32(2)65)59-48(41)69/h8-9,11-20,32,35,39,41-46,65-67H,3-7,10,21-31,54-55H2,1-2H3,(H,56,71)(H,57,68)(H,58,72)(H,59,69)(H,60,70)/t32-,35+,39-,41+,42+,43+,44+,45+,46-/m1/s1. The highest BCUT2D eigenvalue weighted by atomic mass is 16.5. The van der Waals surface area contributed by atoms with Gasteiger partial charge in [-0.3, -0.25) is 33.6 Å². The molecule has 0 spiro atoms. The molecule has 0 bridgehead atoms. The Morgan fingerprint density at radius 1 is 0.760 bits per heavy atom. The van der Waals surface area contributed by atoms with Crippen LogP contribution in [0.15, 0.2) is 72.8 Å². The number of amides is 7. The predicted octanol–water partition coefficient (Wildman–Crippen LogP) is -0.430. The molecule has 3 aromatic rings. The van der Waals surface area contributed by atoms with Crippen molar-refractivity contribution in [2.24, 2.45) is 11.5 Å². The minimum atomic E-state index is -1.66. The van der Waals surface area contributed by atoms with E-state index < -0.39 is 96.0 Å². The lowest BCUT2D eigenvalue weighted by Crippen LogP contribution is -2.61. The number of phenols is 1. The summed E-state index contributed by atoms with van der Waals surface area (Å²) in [7, 11) is 0. The van der Waals surface area contributed by atoms with Crippen LogP contribution < -0.4 is 52.6 Å². The van der Waals surface area contributed by atoms with Gasteiger partial charge in [0.15, 0.2) is 6.17 Å². The SMILES string of the molecule is CCCCCOc1ccc(N2CCN(c3ccc(C(=O)N[C@H]4CCCNC(=O)[C@@H]5C[C@H](N)CN5C(=O)[C@H](N)NC(=O)[C@H](CCc5ccc(O)cc5)NC(=O)[C@@H]5C[C@@H](O)CN5C(=O)[C@H]([C@@H](C)O)NC4=O)cc3)CC2)cc1. The van der Waals surface area contributed by atoms with Crippen molar-refractivity contribution in [3.8, 4) is 11.5 Å². The van der Waals surface area contributed by atoms with Gasteiger partial charge in [-0.05, 0) is 112 Å². The summed E-state index contributed by atoms with van der Waals surface area (Å²) in [5.41, 5.74) is 15.5. The smallest absolute Gasteiger partial charge is 0.260 e. The van der Waals surface area contributed by atoms with Crippen molar-refractivity contribution in [2.75, 3.05) is 62.2 Å². The highest BCUT2D eigenvalue weighted by Gasteiger charge is 2.45. The number of carbonyl (C=O) groups is 7. The molecule has 4 aliphatic heterocycles. The van der Waals surface area contributed by atoms with E-state index in [0.29, 0.717) is 12.2 Å². The van der Waals surface area contributed by atoms with E-state index in [4.69, 9.17) is 16.2 Å².